The predicted molar refractivity (Wildman–Crippen MR) is 134 cm³/mol. The van der Waals surface area contributed by atoms with Crippen LogP contribution in [0.2, 0.25) is 0 Å². The van der Waals surface area contributed by atoms with Crippen molar-refractivity contribution in [2.24, 2.45) is 7.05 Å². The number of rotatable bonds is 7. The van der Waals surface area contributed by atoms with Gasteiger partial charge in [-0.2, -0.15) is 0 Å². The number of anilines is 2. The van der Waals surface area contributed by atoms with E-state index in [-0.39, 0.29) is 11.4 Å². The summed E-state index contributed by atoms with van der Waals surface area (Å²) in [4.78, 5) is 37.6. The summed E-state index contributed by atoms with van der Waals surface area (Å²) in [5, 5.41) is 5.09. The van der Waals surface area contributed by atoms with Crippen LogP contribution in [-0.4, -0.2) is 31.3 Å². The summed E-state index contributed by atoms with van der Waals surface area (Å²) in [5.74, 6) is -1.31. The van der Waals surface area contributed by atoms with Gasteiger partial charge in [-0.3, -0.25) is 19.6 Å². The Labute approximate surface area is 208 Å². The highest BCUT2D eigenvalue weighted by Gasteiger charge is 2.15. The van der Waals surface area contributed by atoms with Gasteiger partial charge in [0.1, 0.15) is 12.2 Å². The van der Waals surface area contributed by atoms with Crippen LogP contribution < -0.4 is 15.4 Å². The zero-order chi connectivity index (χ0) is 25.1. The number of pyridine rings is 2. The van der Waals surface area contributed by atoms with E-state index in [0.717, 1.165) is 26.9 Å². The third-order valence-electron chi connectivity index (χ3n) is 5.15. The average molecular weight is 503 g/mol. The topological polar surface area (TPSA) is 111 Å². The minimum Gasteiger partial charge on any atom is -0.453 e. The number of aryl methyl sites for hydroxylation is 1. The molecule has 0 aliphatic rings. The van der Waals surface area contributed by atoms with Crippen molar-refractivity contribution >= 4 is 44.7 Å². The van der Waals surface area contributed by atoms with E-state index < -0.39 is 24.1 Å². The molecule has 5 rings (SSSR count). The molecule has 0 aliphatic carbocycles. The third-order valence-corrected chi connectivity index (χ3v) is 6.31. The quantitative estimate of drug-likeness (QED) is 0.303. The molecule has 0 atom stereocenters. The van der Waals surface area contributed by atoms with E-state index in [4.69, 9.17) is 4.74 Å². The van der Waals surface area contributed by atoms with E-state index >= 15 is 0 Å². The van der Waals surface area contributed by atoms with Gasteiger partial charge in [-0.15, -0.1) is 11.3 Å². The molecule has 0 unspecified atom stereocenters. The second-order valence-corrected chi connectivity index (χ2v) is 8.84. The minimum atomic E-state index is -0.666. The third kappa shape index (κ3) is 5.05. The zero-order valence-corrected chi connectivity index (χ0v) is 19.8. The van der Waals surface area contributed by atoms with Crippen LogP contribution in [0.1, 0.15) is 6.42 Å². The number of carbonyl (C=O) groups is 2. The molecule has 180 valence electrons. The Kier molecular flexibility index (Phi) is 6.37. The summed E-state index contributed by atoms with van der Waals surface area (Å²) in [5.41, 5.74) is 2.34. The van der Waals surface area contributed by atoms with Gasteiger partial charge in [0.05, 0.1) is 45.2 Å². The molecule has 2 N–H and O–H groups in total. The fraction of sp³-hybridized carbons (Fsp3) is 0.0800. The Balaban J connectivity index is 1.27. The molecule has 0 bridgehead atoms. The molecule has 4 heterocycles. The summed E-state index contributed by atoms with van der Waals surface area (Å²) in [7, 11) is 1.90. The summed E-state index contributed by atoms with van der Waals surface area (Å²) in [6.45, 7) is 0. The molecule has 2 amide bonds. The smallest absolute Gasteiger partial charge is 0.233 e. The van der Waals surface area contributed by atoms with Crippen molar-refractivity contribution < 1.29 is 18.7 Å². The van der Waals surface area contributed by atoms with Gasteiger partial charge in [-0.25, -0.2) is 9.37 Å². The average Bonchev–Trinajstić information content (AvgIpc) is 3.47. The van der Waals surface area contributed by atoms with Gasteiger partial charge in [0.15, 0.2) is 11.6 Å². The number of carbonyl (C=O) groups excluding carboxylic acids is 2. The summed E-state index contributed by atoms with van der Waals surface area (Å²) < 4.78 is 23.4. The van der Waals surface area contributed by atoms with E-state index in [9.17, 15) is 14.0 Å². The molecule has 36 heavy (non-hydrogen) atoms. The van der Waals surface area contributed by atoms with Crippen LogP contribution >= 0.6 is 11.3 Å². The second kappa shape index (κ2) is 9.92. The maximum atomic E-state index is 14.8. The molecule has 5 aromatic rings. The van der Waals surface area contributed by atoms with Gasteiger partial charge < -0.3 is 19.9 Å². The van der Waals surface area contributed by atoms with Crippen LogP contribution in [0.4, 0.5) is 15.8 Å². The number of hydrogen-bond acceptors (Lipinski definition) is 7. The van der Waals surface area contributed by atoms with Crippen molar-refractivity contribution in [1.82, 2.24) is 19.5 Å². The normalized spacial score (nSPS) is 10.8. The molecule has 4 aromatic heterocycles. The Morgan fingerprint density at radius 2 is 1.83 bits per heavy atom. The number of imidazole rings is 1. The Morgan fingerprint density at radius 3 is 2.56 bits per heavy atom. The van der Waals surface area contributed by atoms with E-state index in [1.54, 1.807) is 43.1 Å². The van der Waals surface area contributed by atoms with Gasteiger partial charge in [-0.1, -0.05) is 0 Å². The number of fused-ring (bicyclic) bond motifs is 1. The van der Waals surface area contributed by atoms with E-state index in [0.29, 0.717) is 11.4 Å². The fourth-order valence-electron chi connectivity index (χ4n) is 3.49. The first-order valence-electron chi connectivity index (χ1n) is 10.8. The summed E-state index contributed by atoms with van der Waals surface area (Å²) >= 11 is 1.47. The fourth-order valence-corrected chi connectivity index (χ4v) is 4.61. The van der Waals surface area contributed by atoms with Crippen LogP contribution in [0.5, 0.6) is 11.5 Å². The highest BCUT2D eigenvalue weighted by atomic mass is 32.1. The second-order valence-electron chi connectivity index (χ2n) is 7.79. The number of amides is 2. The van der Waals surface area contributed by atoms with Gasteiger partial charge in [-0.05, 0) is 30.3 Å². The Hall–Kier alpha value is -4.64. The number of nitrogens with zero attached hydrogens (tertiary/aromatic N) is 4. The molecule has 11 heteroatoms. The number of thiophene rings is 1. The standard InChI is InChI=1S/C25H19FN6O3S/c1-32-14-28-13-19(32)22-10-18-25(36-22)21(6-8-29-18)35-20-5-4-15(9-17(20)26)30-23(33)11-24(34)31-16-3-2-7-27-12-16/h2-10,12-14H,11H2,1H3,(H,30,33)(H,31,34). The van der Waals surface area contributed by atoms with Gasteiger partial charge in [0.25, 0.3) is 0 Å². The first-order chi connectivity index (χ1) is 17.5. The highest BCUT2D eigenvalue weighted by molar-refractivity contribution is 7.22. The van der Waals surface area contributed by atoms with Crippen molar-refractivity contribution in [1.29, 1.82) is 0 Å². The maximum Gasteiger partial charge on any atom is 0.233 e. The first-order valence-corrected chi connectivity index (χ1v) is 11.6. The lowest BCUT2D eigenvalue weighted by Crippen LogP contribution is -2.21. The number of halogens is 1. The van der Waals surface area contributed by atoms with Crippen molar-refractivity contribution in [3.63, 3.8) is 0 Å². The zero-order valence-electron chi connectivity index (χ0n) is 18.9. The van der Waals surface area contributed by atoms with E-state index in [1.807, 2.05) is 17.7 Å². The minimum absolute atomic E-state index is 0.00898. The van der Waals surface area contributed by atoms with Crippen LogP contribution in [0.3, 0.4) is 0 Å². The molecule has 1 aromatic carbocycles. The Bertz CT molecular complexity index is 1570. The largest absolute Gasteiger partial charge is 0.453 e. The summed E-state index contributed by atoms with van der Waals surface area (Å²) in [6.07, 6.45) is 7.69. The molecule has 0 saturated heterocycles. The van der Waals surface area contributed by atoms with Crippen molar-refractivity contribution in [3.8, 4) is 22.1 Å². The molecule has 0 aliphatic heterocycles. The van der Waals surface area contributed by atoms with Crippen molar-refractivity contribution in [2.75, 3.05) is 10.6 Å². The molecular weight excluding hydrogens is 483 g/mol. The molecular formula is C25H19FN6O3S. The number of hydrogen-bond donors (Lipinski definition) is 2. The van der Waals surface area contributed by atoms with Crippen LogP contribution in [0.15, 0.2) is 73.6 Å². The SMILES string of the molecule is Cn1cncc1-c1cc2nccc(Oc3ccc(NC(=O)CC(=O)Nc4cccnc4)cc3F)c2s1. The number of nitrogens with one attached hydrogen (secondary N) is 2. The van der Waals surface area contributed by atoms with Crippen LogP contribution in [0, 0.1) is 5.82 Å². The summed E-state index contributed by atoms with van der Waals surface area (Å²) in [6, 6.07) is 11.0. The number of ether oxygens (including phenoxy) is 1. The van der Waals surface area contributed by atoms with Crippen molar-refractivity contribution in [3.05, 3.63) is 79.4 Å². The monoisotopic (exact) mass is 502 g/mol. The van der Waals surface area contributed by atoms with Gasteiger partial charge in [0.2, 0.25) is 11.8 Å². The van der Waals surface area contributed by atoms with Gasteiger partial charge in [0, 0.05) is 37.3 Å². The van der Waals surface area contributed by atoms with Crippen LogP contribution in [-0.2, 0) is 16.6 Å². The lowest BCUT2D eigenvalue weighted by Gasteiger charge is -2.10. The number of benzene rings is 1. The number of aromatic nitrogens is 4. The lowest BCUT2D eigenvalue weighted by atomic mass is 10.2. The highest BCUT2D eigenvalue weighted by Crippen LogP contribution is 2.39. The Morgan fingerprint density at radius 1 is 1.00 bits per heavy atom. The van der Waals surface area contributed by atoms with E-state index in [1.165, 1.54) is 29.7 Å². The van der Waals surface area contributed by atoms with E-state index in [2.05, 4.69) is 25.6 Å². The first kappa shape index (κ1) is 23.1. The maximum absolute atomic E-state index is 14.8. The molecule has 0 radical (unpaired) electrons. The molecule has 9 nitrogen and oxygen atoms in total. The lowest BCUT2D eigenvalue weighted by molar-refractivity contribution is -0.123. The van der Waals surface area contributed by atoms with Gasteiger partial charge >= 0.3 is 0 Å². The van der Waals surface area contributed by atoms with Crippen molar-refractivity contribution in [2.45, 2.75) is 6.42 Å². The van der Waals surface area contributed by atoms with Crippen LogP contribution in [0.25, 0.3) is 20.8 Å². The molecule has 0 saturated carbocycles. The molecule has 0 spiro atoms. The molecule has 0 fully saturated rings. The predicted octanol–water partition coefficient (Wildman–Crippen LogP) is 4.99.